The zero-order valence-corrected chi connectivity index (χ0v) is 26.5. The number of hydrogen-bond donors (Lipinski definition) is 0. The molecule has 1 saturated heterocycles. The molecule has 0 N–H and O–H groups in total. The molecule has 1 atom stereocenters. The molecular weight excluding hydrogens is 514 g/mol. The van der Waals surface area contributed by atoms with Crippen LogP contribution in [0.4, 0.5) is 8.78 Å². The van der Waals surface area contributed by atoms with E-state index in [4.69, 9.17) is 4.74 Å². The molecule has 1 aliphatic heterocycles. The summed E-state index contributed by atoms with van der Waals surface area (Å²) in [7, 11) is -1.40. The minimum absolute atomic E-state index is 0.173. The Morgan fingerprint density at radius 1 is 0.775 bits per heavy atom. The maximum absolute atomic E-state index is 15.0. The predicted octanol–water partition coefficient (Wildman–Crippen LogP) is 10.9. The van der Waals surface area contributed by atoms with Crippen LogP contribution in [0.5, 0.6) is 5.75 Å². The summed E-state index contributed by atoms with van der Waals surface area (Å²) in [4.78, 5) is 0. The first-order valence-corrected chi connectivity index (χ1v) is 19.3. The monoisotopic (exact) mass is 568 g/mol. The van der Waals surface area contributed by atoms with Gasteiger partial charge in [0, 0.05) is 0 Å². The maximum Gasteiger partial charge on any atom is 0.191 e. The highest BCUT2D eigenvalue weighted by molar-refractivity contribution is 6.92. The fourth-order valence-corrected chi connectivity index (χ4v) is 13.1. The molecule has 1 heterocycles. The van der Waals surface area contributed by atoms with Gasteiger partial charge in [0.05, 0.1) is 14.2 Å². The van der Waals surface area contributed by atoms with Crippen LogP contribution in [0.15, 0.2) is 42.5 Å². The summed E-state index contributed by atoms with van der Waals surface area (Å²) in [6, 6.07) is 19.0. The number of benzene rings is 2. The Hall–Kier alpha value is -1.68. The van der Waals surface area contributed by atoms with E-state index in [0.717, 1.165) is 49.5 Å². The van der Waals surface area contributed by atoms with Gasteiger partial charge in [-0.25, -0.2) is 8.78 Å². The molecule has 1 unspecified atom stereocenters. The van der Waals surface area contributed by atoms with Gasteiger partial charge in [0.1, 0.15) is 0 Å². The Morgan fingerprint density at radius 2 is 1.38 bits per heavy atom. The van der Waals surface area contributed by atoms with E-state index < -0.39 is 19.7 Å². The molecule has 4 rings (SSSR count). The van der Waals surface area contributed by atoms with E-state index in [2.05, 4.69) is 44.2 Å². The molecule has 0 amide bonds. The third kappa shape index (κ3) is 8.20. The summed E-state index contributed by atoms with van der Waals surface area (Å²) >= 11 is 0. The number of unbranched alkanes of at least 4 members (excludes halogenated alkanes) is 5. The van der Waals surface area contributed by atoms with Gasteiger partial charge in [-0.3, -0.25) is 0 Å². The van der Waals surface area contributed by atoms with Gasteiger partial charge < -0.3 is 4.74 Å². The van der Waals surface area contributed by atoms with Crippen molar-refractivity contribution in [3.8, 4) is 5.75 Å². The lowest BCUT2D eigenvalue weighted by Crippen LogP contribution is -2.50. The van der Waals surface area contributed by atoms with Crippen LogP contribution in [-0.2, 0) is 0 Å². The number of rotatable bonds is 14. The largest absolute Gasteiger partial charge is 0.485 e. The highest BCUT2D eigenvalue weighted by atomic mass is 28.3. The third-order valence-electron chi connectivity index (χ3n) is 10.3. The van der Waals surface area contributed by atoms with E-state index in [9.17, 15) is 8.78 Å². The molecule has 2 aromatic carbocycles. The summed E-state index contributed by atoms with van der Waals surface area (Å²) in [6.07, 6.45) is 16.5. The maximum atomic E-state index is 15.0. The van der Waals surface area contributed by atoms with Crippen LogP contribution in [0.25, 0.3) is 0 Å². The predicted molar refractivity (Wildman–Crippen MR) is 168 cm³/mol. The molecule has 0 radical (unpaired) electrons. The summed E-state index contributed by atoms with van der Waals surface area (Å²) in [5.41, 5.74) is 0.825. The molecule has 1 saturated carbocycles. The molecule has 1 nitrogen and oxygen atoms in total. The smallest absolute Gasteiger partial charge is 0.191 e. The Morgan fingerprint density at radius 3 is 2.00 bits per heavy atom. The standard InChI is InChI=1S/C36H54F2OSi/c1-4-6-8-10-14-28(3)39-36-34(37)26-32(27-35(36)38)30-19-17-29(18-20-30)31-21-24-40(25-22-31,23-13-7-5-2)33-15-11-9-12-16-33/h9,11-12,15-16,26-31H,4-8,10,13-14,17-25H2,1-3H3. The third-order valence-corrected chi connectivity index (χ3v) is 15.7. The quantitative estimate of drug-likeness (QED) is 0.163. The van der Waals surface area contributed by atoms with E-state index >= 15 is 0 Å². The van der Waals surface area contributed by atoms with Crippen LogP contribution in [0.1, 0.15) is 122 Å². The Labute approximate surface area is 244 Å². The van der Waals surface area contributed by atoms with Gasteiger partial charge in [0.15, 0.2) is 17.4 Å². The lowest BCUT2D eigenvalue weighted by Gasteiger charge is -2.43. The molecule has 4 heteroatoms. The van der Waals surface area contributed by atoms with Crippen molar-refractivity contribution in [3.63, 3.8) is 0 Å². The van der Waals surface area contributed by atoms with Crippen LogP contribution in [0.2, 0.25) is 18.1 Å². The van der Waals surface area contributed by atoms with Crippen LogP contribution in [0.3, 0.4) is 0 Å². The van der Waals surface area contributed by atoms with Gasteiger partial charge in [0.2, 0.25) is 0 Å². The van der Waals surface area contributed by atoms with Crippen LogP contribution in [0, 0.1) is 23.5 Å². The van der Waals surface area contributed by atoms with E-state index in [1.807, 2.05) is 6.92 Å². The zero-order chi connectivity index (χ0) is 28.4. The van der Waals surface area contributed by atoms with E-state index in [0.29, 0.717) is 0 Å². The number of ether oxygens (including phenoxy) is 1. The minimum atomic E-state index is -1.40. The zero-order valence-electron chi connectivity index (χ0n) is 25.5. The van der Waals surface area contributed by atoms with Crippen molar-refractivity contribution < 1.29 is 13.5 Å². The van der Waals surface area contributed by atoms with Crippen molar-refractivity contribution in [2.24, 2.45) is 11.8 Å². The second-order valence-electron chi connectivity index (χ2n) is 13.1. The molecule has 2 aliphatic rings. The van der Waals surface area contributed by atoms with E-state index in [-0.39, 0.29) is 17.8 Å². The van der Waals surface area contributed by atoms with Crippen LogP contribution >= 0.6 is 0 Å². The summed E-state index contributed by atoms with van der Waals surface area (Å²) < 4.78 is 35.7. The van der Waals surface area contributed by atoms with Crippen molar-refractivity contribution in [2.75, 3.05) is 0 Å². The van der Waals surface area contributed by atoms with Gasteiger partial charge in [-0.15, -0.1) is 0 Å². The van der Waals surface area contributed by atoms with E-state index in [1.165, 1.54) is 75.9 Å². The van der Waals surface area contributed by atoms with Crippen molar-refractivity contribution >= 4 is 13.3 Å². The molecule has 2 aromatic rings. The van der Waals surface area contributed by atoms with Gasteiger partial charge >= 0.3 is 0 Å². The molecular formula is C36H54F2OSi. The average molecular weight is 569 g/mol. The average Bonchev–Trinajstić information content (AvgIpc) is 2.98. The number of halogens is 2. The SMILES string of the molecule is CCCCCCC(C)Oc1c(F)cc(C2CCC(C3CC[Si](CCCCC)(c4ccccc4)CC3)CC2)cc1F. The Balaban J connectivity index is 1.30. The molecule has 0 spiro atoms. The van der Waals surface area contributed by atoms with Crippen molar-refractivity contribution in [1.29, 1.82) is 0 Å². The highest BCUT2D eigenvalue weighted by Crippen LogP contribution is 2.46. The molecule has 0 aromatic heterocycles. The summed E-state index contributed by atoms with van der Waals surface area (Å²) in [5.74, 6) is 0.620. The van der Waals surface area contributed by atoms with Gasteiger partial charge in [-0.1, -0.05) is 119 Å². The molecule has 40 heavy (non-hydrogen) atoms. The molecule has 2 fully saturated rings. The van der Waals surface area contributed by atoms with Crippen LogP contribution < -0.4 is 9.92 Å². The molecule has 222 valence electrons. The fraction of sp³-hybridized carbons (Fsp3) is 0.667. The second-order valence-corrected chi connectivity index (χ2v) is 17.8. The van der Waals surface area contributed by atoms with Crippen molar-refractivity contribution in [2.45, 2.75) is 141 Å². The second kappa shape index (κ2) is 15.5. The van der Waals surface area contributed by atoms with Gasteiger partial charge in [-0.05, 0) is 80.9 Å². The molecule has 0 bridgehead atoms. The normalized spacial score (nSPS) is 26.0. The highest BCUT2D eigenvalue weighted by Gasteiger charge is 2.41. The topological polar surface area (TPSA) is 9.23 Å². The van der Waals surface area contributed by atoms with Gasteiger partial charge in [0.25, 0.3) is 0 Å². The lowest BCUT2D eigenvalue weighted by atomic mass is 9.72. The Kier molecular flexibility index (Phi) is 12.1. The minimum Gasteiger partial charge on any atom is -0.485 e. The van der Waals surface area contributed by atoms with Gasteiger partial charge in [-0.2, -0.15) is 0 Å². The first-order chi connectivity index (χ1) is 19.5. The van der Waals surface area contributed by atoms with Crippen LogP contribution in [-0.4, -0.2) is 14.2 Å². The van der Waals surface area contributed by atoms with Crippen molar-refractivity contribution in [1.82, 2.24) is 0 Å². The summed E-state index contributed by atoms with van der Waals surface area (Å²) in [5, 5.41) is 1.69. The summed E-state index contributed by atoms with van der Waals surface area (Å²) in [6.45, 7) is 6.41. The lowest BCUT2D eigenvalue weighted by molar-refractivity contribution is 0.187. The number of hydrogen-bond acceptors (Lipinski definition) is 1. The first kappa shape index (κ1) is 31.3. The first-order valence-electron chi connectivity index (χ1n) is 16.7. The Bertz CT molecular complexity index is 986. The fourth-order valence-electron chi connectivity index (χ4n) is 7.82. The van der Waals surface area contributed by atoms with Crippen molar-refractivity contribution in [3.05, 3.63) is 59.7 Å². The molecule has 1 aliphatic carbocycles. The van der Waals surface area contributed by atoms with E-state index in [1.54, 1.807) is 17.3 Å².